The van der Waals surface area contributed by atoms with Crippen molar-refractivity contribution in [2.24, 2.45) is 0 Å². The molecule has 0 heterocycles. The summed E-state index contributed by atoms with van der Waals surface area (Å²) < 4.78 is 0. The van der Waals surface area contributed by atoms with Crippen molar-refractivity contribution in [2.75, 3.05) is 0 Å². The third-order valence-corrected chi connectivity index (χ3v) is 7.54. The fourth-order valence-corrected chi connectivity index (χ4v) is 6.05. The molecule has 210 valence electrons. The van der Waals surface area contributed by atoms with Crippen LogP contribution in [-0.2, 0) is 22.4 Å². The van der Waals surface area contributed by atoms with Crippen LogP contribution in [0.2, 0.25) is 0 Å². The molecule has 0 saturated heterocycles. The number of hydrogen-bond donors (Lipinski definition) is 6. The minimum atomic E-state index is -1.12. The van der Waals surface area contributed by atoms with E-state index in [0.29, 0.717) is 66.1 Å². The van der Waals surface area contributed by atoms with Crippen LogP contribution in [0.1, 0.15) is 72.9 Å². The van der Waals surface area contributed by atoms with Crippen LogP contribution >= 0.6 is 0 Å². The van der Waals surface area contributed by atoms with E-state index in [0.717, 1.165) is 0 Å². The molecule has 0 atom stereocenters. The fraction of sp³-hybridized carbons (Fsp3) is 0.312. The van der Waals surface area contributed by atoms with Crippen molar-refractivity contribution in [1.29, 1.82) is 0 Å². The molecule has 0 saturated carbocycles. The van der Waals surface area contributed by atoms with Gasteiger partial charge in [0.2, 0.25) is 0 Å². The van der Waals surface area contributed by atoms with Gasteiger partial charge in [0.15, 0.2) is 23.0 Å². The molecule has 0 fully saturated rings. The molecular formula is C32H34O8. The molecule has 0 amide bonds. The minimum absolute atomic E-state index is 0.187. The zero-order chi connectivity index (χ0) is 29.8. The molecule has 0 unspecified atom stereocenters. The molecule has 40 heavy (non-hydrogen) atoms. The summed E-state index contributed by atoms with van der Waals surface area (Å²) in [5.74, 6) is -3.88. The summed E-state index contributed by atoms with van der Waals surface area (Å²) in [5.41, 5.74) is 4.09. The van der Waals surface area contributed by atoms with E-state index in [1.807, 2.05) is 39.8 Å². The number of carbonyl (C=O) groups is 2. The maximum absolute atomic E-state index is 12.2. The number of rotatable bonds is 7. The molecule has 0 aromatic heterocycles. The maximum Gasteiger partial charge on any atom is 0.307 e. The quantitative estimate of drug-likeness (QED) is 0.142. The van der Waals surface area contributed by atoms with Crippen LogP contribution < -0.4 is 0 Å². The lowest BCUT2D eigenvalue weighted by Gasteiger charge is -2.25. The number of phenols is 4. The van der Waals surface area contributed by atoms with E-state index in [1.54, 1.807) is 13.8 Å². The zero-order valence-electron chi connectivity index (χ0n) is 23.4. The SMILES string of the molecule is Cc1cc2c(C(C)C)c(O)c(O)cc2c(CC(=O)O)c1-c1c(C)cc2c(C(C)C)c(O)c(O)cc2c1CC(=O)O. The molecule has 4 aromatic rings. The second-order valence-electron chi connectivity index (χ2n) is 11.1. The van der Waals surface area contributed by atoms with E-state index in [2.05, 4.69) is 0 Å². The van der Waals surface area contributed by atoms with Crippen LogP contribution in [0.4, 0.5) is 0 Å². The molecule has 0 aliphatic heterocycles. The van der Waals surface area contributed by atoms with Crippen molar-refractivity contribution >= 4 is 33.5 Å². The Balaban J connectivity index is 2.29. The van der Waals surface area contributed by atoms with Gasteiger partial charge < -0.3 is 30.6 Å². The number of carboxylic acid groups (broad SMARTS) is 2. The average molecular weight is 547 g/mol. The van der Waals surface area contributed by atoms with E-state index in [9.17, 15) is 40.2 Å². The Morgan fingerprint density at radius 1 is 0.600 bits per heavy atom. The Kier molecular flexibility index (Phi) is 7.32. The van der Waals surface area contributed by atoms with Crippen molar-refractivity contribution in [3.8, 4) is 34.1 Å². The van der Waals surface area contributed by atoms with E-state index in [-0.39, 0.29) is 34.8 Å². The molecule has 0 aliphatic rings. The highest BCUT2D eigenvalue weighted by Crippen LogP contribution is 2.48. The lowest BCUT2D eigenvalue weighted by molar-refractivity contribution is -0.137. The lowest BCUT2D eigenvalue weighted by atomic mass is 9.79. The predicted octanol–water partition coefficient (Wildman–Crippen LogP) is 6.60. The van der Waals surface area contributed by atoms with Crippen molar-refractivity contribution in [3.63, 3.8) is 0 Å². The van der Waals surface area contributed by atoms with Crippen LogP contribution in [0.5, 0.6) is 23.0 Å². The van der Waals surface area contributed by atoms with Crippen LogP contribution in [0, 0.1) is 13.8 Å². The van der Waals surface area contributed by atoms with Crippen LogP contribution in [0.25, 0.3) is 32.7 Å². The van der Waals surface area contributed by atoms with Crippen LogP contribution in [-0.4, -0.2) is 42.6 Å². The normalized spacial score (nSPS) is 11.7. The first-order valence-electron chi connectivity index (χ1n) is 13.1. The largest absolute Gasteiger partial charge is 0.504 e. The number of hydrogen-bond acceptors (Lipinski definition) is 6. The Labute approximate surface area is 231 Å². The van der Waals surface area contributed by atoms with Crippen LogP contribution in [0.15, 0.2) is 24.3 Å². The number of fused-ring (bicyclic) bond motifs is 2. The number of aryl methyl sites for hydroxylation is 2. The van der Waals surface area contributed by atoms with Gasteiger partial charge in [-0.1, -0.05) is 39.8 Å². The van der Waals surface area contributed by atoms with E-state index in [4.69, 9.17) is 0 Å². The summed E-state index contributed by atoms with van der Waals surface area (Å²) in [6.45, 7) is 11.1. The summed E-state index contributed by atoms with van der Waals surface area (Å²) in [6, 6.07) is 6.36. The Hall–Kier alpha value is -4.46. The second kappa shape index (κ2) is 10.3. The first kappa shape index (κ1) is 28.5. The molecule has 0 bridgehead atoms. The van der Waals surface area contributed by atoms with Gasteiger partial charge in [-0.2, -0.15) is 0 Å². The van der Waals surface area contributed by atoms with E-state index < -0.39 is 24.8 Å². The highest BCUT2D eigenvalue weighted by molar-refractivity contribution is 6.05. The van der Waals surface area contributed by atoms with Crippen molar-refractivity contribution in [1.82, 2.24) is 0 Å². The molecule has 0 spiro atoms. The molecule has 6 N–H and O–H groups in total. The third kappa shape index (κ3) is 4.63. The molecule has 8 nitrogen and oxygen atoms in total. The molecule has 4 rings (SSSR count). The highest BCUT2D eigenvalue weighted by Gasteiger charge is 2.27. The van der Waals surface area contributed by atoms with Gasteiger partial charge in [-0.25, -0.2) is 0 Å². The fourth-order valence-electron chi connectivity index (χ4n) is 6.05. The first-order chi connectivity index (χ1) is 18.6. The highest BCUT2D eigenvalue weighted by atomic mass is 16.4. The van der Waals surface area contributed by atoms with Crippen molar-refractivity contribution < 1.29 is 40.2 Å². The third-order valence-electron chi connectivity index (χ3n) is 7.54. The Bertz CT molecular complexity index is 1590. The first-order valence-corrected chi connectivity index (χ1v) is 13.1. The topological polar surface area (TPSA) is 156 Å². The molecule has 8 heteroatoms. The number of benzene rings is 4. The van der Waals surface area contributed by atoms with Gasteiger partial charge in [0.25, 0.3) is 0 Å². The van der Waals surface area contributed by atoms with Crippen molar-refractivity contribution in [3.05, 3.63) is 57.6 Å². The monoisotopic (exact) mass is 546 g/mol. The minimum Gasteiger partial charge on any atom is -0.504 e. The second-order valence-corrected chi connectivity index (χ2v) is 11.1. The smallest absolute Gasteiger partial charge is 0.307 e. The van der Waals surface area contributed by atoms with Gasteiger partial charge in [-0.3, -0.25) is 9.59 Å². The summed E-state index contributed by atoms with van der Waals surface area (Å²) in [6.07, 6.45) is -0.839. The van der Waals surface area contributed by atoms with Gasteiger partial charge in [0.1, 0.15) is 0 Å². The molecule has 0 radical (unpaired) electrons. The standard InChI is InChI=1S/C32H34O8/c1-13(2)27-19-7-15(5)29(21(11-25(35)36)17(19)9-23(33)31(27)39)30-16(6)8-20-18(22(30)12-26(37)38)10-24(34)32(40)28(20)14(3)4/h7-10,13-14,33-34,39-40H,11-12H2,1-6H3,(H,35,36)(H,37,38). The zero-order valence-corrected chi connectivity index (χ0v) is 23.4. The summed E-state index contributed by atoms with van der Waals surface area (Å²) in [5, 5.41) is 64.5. The van der Waals surface area contributed by atoms with Gasteiger partial charge in [-0.05, 0) is 92.7 Å². The van der Waals surface area contributed by atoms with Gasteiger partial charge in [0, 0.05) is 11.1 Å². The Morgan fingerprint density at radius 2 is 0.925 bits per heavy atom. The molecule has 4 aromatic carbocycles. The maximum atomic E-state index is 12.2. The lowest BCUT2D eigenvalue weighted by Crippen LogP contribution is -2.10. The number of aliphatic carboxylic acids is 2. The van der Waals surface area contributed by atoms with Gasteiger partial charge >= 0.3 is 11.9 Å². The number of aromatic hydroxyl groups is 4. The average Bonchev–Trinajstić information content (AvgIpc) is 2.82. The van der Waals surface area contributed by atoms with Gasteiger partial charge in [0.05, 0.1) is 12.8 Å². The van der Waals surface area contributed by atoms with E-state index >= 15 is 0 Å². The predicted molar refractivity (Wildman–Crippen MR) is 154 cm³/mol. The molecular weight excluding hydrogens is 512 g/mol. The summed E-state index contributed by atoms with van der Waals surface area (Å²) in [7, 11) is 0. The Morgan fingerprint density at radius 3 is 1.20 bits per heavy atom. The van der Waals surface area contributed by atoms with Gasteiger partial charge in [-0.15, -0.1) is 0 Å². The van der Waals surface area contributed by atoms with Crippen molar-refractivity contribution in [2.45, 2.75) is 66.2 Å². The van der Waals surface area contributed by atoms with Crippen LogP contribution in [0.3, 0.4) is 0 Å². The summed E-state index contributed by atoms with van der Waals surface area (Å²) >= 11 is 0. The van der Waals surface area contributed by atoms with E-state index in [1.165, 1.54) is 12.1 Å². The molecule has 0 aliphatic carbocycles. The number of carboxylic acids is 2. The number of phenolic OH excluding ortho intramolecular Hbond substituents is 4. The summed E-state index contributed by atoms with van der Waals surface area (Å²) in [4.78, 5) is 24.3.